The fourth-order valence-corrected chi connectivity index (χ4v) is 1.26. The van der Waals surface area contributed by atoms with E-state index in [9.17, 15) is 4.79 Å². The Morgan fingerprint density at radius 3 is 2.40 bits per heavy atom. The molecule has 0 aliphatic heterocycles. The minimum atomic E-state index is -0.430. The molecule has 0 atom stereocenters. The number of carbonyl (C=O) groups is 1. The van der Waals surface area contributed by atoms with Gasteiger partial charge in [0.1, 0.15) is 0 Å². The molecule has 0 unspecified atom stereocenters. The van der Waals surface area contributed by atoms with Crippen LogP contribution in [0.1, 0.15) is 10.4 Å². The lowest BCUT2D eigenvalue weighted by atomic mass is 10.1. The largest absolute Gasteiger partial charge is 0.366 e. The van der Waals surface area contributed by atoms with Crippen molar-refractivity contribution in [3.05, 3.63) is 48.2 Å². The average Bonchev–Trinajstić information content (AvgIpc) is 2.30. The molecule has 0 fully saturated rings. The summed E-state index contributed by atoms with van der Waals surface area (Å²) >= 11 is 0. The van der Waals surface area contributed by atoms with Crippen LogP contribution in [0.15, 0.2) is 42.6 Å². The van der Waals surface area contributed by atoms with E-state index in [4.69, 9.17) is 5.73 Å². The molecule has 1 aromatic carbocycles. The van der Waals surface area contributed by atoms with E-state index in [1.54, 1.807) is 30.5 Å². The summed E-state index contributed by atoms with van der Waals surface area (Å²) < 4.78 is 0. The maximum atomic E-state index is 10.8. The third kappa shape index (κ3) is 1.99. The number of nitrogens with zero attached hydrogens (tertiary/aromatic N) is 2. The third-order valence-electron chi connectivity index (χ3n) is 2.04. The van der Waals surface area contributed by atoms with Gasteiger partial charge >= 0.3 is 0 Å². The summed E-state index contributed by atoms with van der Waals surface area (Å²) in [6.07, 6.45) is 1.61. The lowest BCUT2D eigenvalue weighted by molar-refractivity contribution is 0.100. The predicted octanol–water partition coefficient (Wildman–Crippen LogP) is 1.24. The molecule has 4 nitrogen and oxygen atoms in total. The maximum absolute atomic E-state index is 10.8. The molecule has 2 aromatic rings. The van der Waals surface area contributed by atoms with Gasteiger partial charge in [-0.3, -0.25) is 4.79 Å². The van der Waals surface area contributed by atoms with Gasteiger partial charge in [-0.1, -0.05) is 12.1 Å². The Kier molecular flexibility index (Phi) is 2.41. The van der Waals surface area contributed by atoms with Crippen LogP contribution in [0, 0.1) is 0 Å². The Bertz CT molecular complexity index is 465. The van der Waals surface area contributed by atoms with Gasteiger partial charge in [0.25, 0.3) is 0 Å². The Balaban J connectivity index is 2.36. The van der Waals surface area contributed by atoms with Crippen molar-refractivity contribution in [2.75, 3.05) is 0 Å². The fraction of sp³-hybridized carbons (Fsp3) is 0. The summed E-state index contributed by atoms with van der Waals surface area (Å²) in [6.45, 7) is 0. The predicted molar refractivity (Wildman–Crippen MR) is 56.0 cm³/mol. The topological polar surface area (TPSA) is 68.9 Å². The van der Waals surface area contributed by atoms with E-state index in [1.165, 1.54) is 0 Å². The highest BCUT2D eigenvalue weighted by Gasteiger charge is 2.01. The summed E-state index contributed by atoms with van der Waals surface area (Å²) in [7, 11) is 0. The van der Waals surface area contributed by atoms with E-state index in [1.807, 2.05) is 12.1 Å². The van der Waals surface area contributed by atoms with Gasteiger partial charge in [-0.15, -0.1) is 0 Å². The van der Waals surface area contributed by atoms with E-state index in [0.29, 0.717) is 5.56 Å². The minimum Gasteiger partial charge on any atom is -0.366 e. The number of rotatable bonds is 2. The van der Waals surface area contributed by atoms with Crippen molar-refractivity contribution in [3.8, 4) is 11.3 Å². The van der Waals surface area contributed by atoms with E-state index in [-0.39, 0.29) is 0 Å². The molecule has 0 radical (unpaired) electrons. The van der Waals surface area contributed by atoms with E-state index >= 15 is 0 Å². The molecule has 2 N–H and O–H groups in total. The molecule has 15 heavy (non-hydrogen) atoms. The van der Waals surface area contributed by atoms with Gasteiger partial charge in [-0.05, 0) is 24.3 Å². The zero-order valence-electron chi connectivity index (χ0n) is 7.92. The Morgan fingerprint density at radius 2 is 1.87 bits per heavy atom. The quantitative estimate of drug-likeness (QED) is 0.791. The first-order chi connectivity index (χ1) is 7.27. The summed E-state index contributed by atoms with van der Waals surface area (Å²) in [5.74, 6) is -0.430. The van der Waals surface area contributed by atoms with Crippen LogP contribution < -0.4 is 5.73 Å². The smallest absolute Gasteiger partial charge is 0.248 e. The van der Waals surface area contributed by atoms with Crippen LogP contribution in [-0.2, 0) is 0 Å². The molecule has 0 aliphatic rings. The third-order valence-corrected chi connectivity index (χ3v) is 2.04. The molecular formula is C11H9N3O. The number of benzene rings is 1. The second-order valence-corrected chi connectivity index (χ2v) is 3.05. The van der Waals surface area contributed by atoms with Crippen LogP contribution in [0.5, 0.6) is 0 Å². The number of hydrogen-bond acceptors (Lipinski definition) is 3. The molecule has 74 valence electrons. The second kappa shape index (κ2) is 3.88. The van der Waals surface area contributed by atoms with E-state index in [2.05, 4.69) is 10.2 Å². The summed E-state index contributed by atoms with van der Waals surface area (Å²) in [5, 5.41) is 7.73. The van der Waals surface area contributed by atoms with Crippen LogP contribution in [-0.4, -0.2) is 16.1 Å². The van der Waals surface area contributed by atoms with Crippen LogP contribution >= 0.6 is 0 Å². The van der Waals surface area contributed by atoms with Crippen molar-refractivity contribution in [2.24, 2.45) is 5.73 Å². The molecular weight excluding hydrogens is 190 g/mol. The molecule has 1 amide bonds. The monoisotopic (exact) mass is 199 g/mol. The van der Waals surface area contributed by atoms with Crippen molar-refractivity contribution in [1.29, 1.82) is 0 Å². The first-order valence-corrected chi connectivity index (χ1v) is 4.45. The standard InChI is InChI=1S/C11H9N3O/c12-11(15)9-5-3-8(4-6-9)10-2-1-7-13-14-10/h1-7H,(H2,12,15). The first-order valence-electron chi connectivity index (χ1n) is 4.45. The molecule has 0 aliphatic carbocycles. The van der Waals surface area contributed by atoms with Gasteiger partial charge in [-0.2, -0.15) is 10.2 Å². The lowest BCUT2D eigenvalue weighted by Gasteiger charge is -1.99. The minimum absolute atomic E-state index is 0.430. The van der Waals surface area contributed by atoms with Gasteiger partial charge in [0.15, 0.2) is 0 Å². The first kappa shape index (κ1) is 9.33. The number of nitrogens with two attached hydrogens (primary N) is 1. The summed E-state index contributed by atoms with van der Waals surface area (Å²) in [4.78, 5) is 10.8. The van der Waals surface area contributed by atoms with Gasteiger partial charge in [-0.25, -0.2) is 0 Å². The summed E-state index contributed by atoms with van der Waals surface area (Å²) in [6, 6.07) is 10.6. The van der Waals surface area contributed by atoms with E-state index in [0.717, 1.165) is 11.3 Å². The SMILES string of the molecule is NC(=O)c1ccc(-c2cccnn2)cc1. The van der Waals surface area contributed by atoms with Gasteiger partial charge < -0.3 is 5.73 Å². The highest BCUT2D eigenvalue weighted by Crippen LogP contribution is 2.15. The zero-order valence-corrected chi connectivity index (χ0v) is 7.92. The molecule has 2 rings (SSSR count). The van der Waals surface area contributed by atoms with E-state index < -0.39 is 5.91 Å². The van der Waals surface area contributed by atoms with Gasteiger partial charge in [0, 0.05) is 17.3 Å². The van der Waals surface area contributed by atoms with Crippen molar-refractivity contribution in [2.45, 2.75) is 0 Å². The normalized spacial score (nSPS) is 9.87. The van der Waals surface area contributed by atoms with Crippen molar-refractivity contribution < 1.29 is 4.79 Å². The highest BCUT2D eigenvalue weighted by molar-refractivity contribution is 5.93. The number of primary amides is 1. The molecule has 0 saturated heterocycles. The fourth-order valence-electron chi connectivity index (χ4n) is 1.26. The number of aromatic nitrogens is 2. The Hall–Kier alpha value is -2.23. The van der Waals surface area contributed by atoms with Crippen molar-refractivity contribution in [1.82, 2.24) is 10.2 Å². The van der Waals surface area contributed by atoms with Crippen molar-refractivity contribution in [3.63, 3.8) is 0 Å². The molecule has 1 aromatic heterocycles. The Morgan fingerprint density at radius 1 is 1.13 bits per heavy atom. The maximum Gasteiger partial charge on any atom is 0.248 e. The van der Waals surface area contributed by atoms with Crippen LogP contribution in [0.4, 0.5) is 0 Å². The van der Waals surface area contributed by atoms with Gasteiger partial charge in [0.05, 0.1) is 5.69 Å². The highest BCUT2D eigenvalue weighted by atomic mass is 16.1. The number of amides is 1. The van der Waals surface area contributed by atoms with Crippen molar-refractivity contribution >= 4 is 5.91 Å². The Labute approximate surface area is 86.8 Å². The van der Waals surface area contributed by atoms with Gasteiger partial charge in [0.2, 0.25) is 5.91 Å². The van der Waals surface area contributed by atoms with Crippen LogP contribution in [0.2, 0.25) is 0 Å². The second-order valence-electron chi connectivity index (χ2n) is 3.05. The average molecular weight is 199 g/mol. The summed E-state index contributed by atoms with van der Waals surface area (Å²) in [5.41, 5.74) is 7.31. The molecule has 4 heteroatoms. The number of carbonyl (C=O) groups excluding carboxylic acids is 1. The molecule has 1 heterocycles. The van der Waals surface area contributed by atoms with Crippen LogP contribution in [0.3, 0.4) is 0 Å². The molecule has 0 bridgehead atoms. The van der Waals surface area contributed by atoms with Crippen LogP contribution in [0.25, 0.3) is 11.3 Å². The lowest BCUT2D eigenvalue weighted by Crippen LogP contribution is -2.10. The molecule has 0 saturated carbocycles. The zero-order chi connectivity index (χ0) is 10.7. The molecule has 0 spiro atoms. The number of hydrogen-bond donors (Lipinski definition) is 1.